The van der Waals surface area contributed by atoms with Crippen molar-refractivity contribution >= 4 is 11.3 Å². The zero-order valence-electron chi connectivity index (χ0n) is 7.47. The molecule has 0 spiro atoms. The summed E-state index contributed by atoms with van der Waals surface area (Å²) in [5.41, 5.74) is 1.53. The summed E-state index contributed by atoms with van der Waals surface area (Å²) in [6.45, 7) is 3.41. The summed E-state index contributed by atoms with van der Waals surface area (Å²) in [6.07, 6.45) is 4.05. The molecular weight excluding hydrogens is 166 g/mol. The molecule has 0 radical (unpaired) electrons. The first-order valence-electron chi connectivity index (χ1n) is 4.65. The van der Waals surface area contributed by atoms with Gasteiger partial charge in [0.1, 0.15) is 0 Å². The second kappa shape index (κ2) is 3.58. The molecule has 1 fully saturated rings. The van der Waals surface area contributed by atoms with Crippen LogP contribution in [-0.2, 0) is 0 Å². The number of thiophene rings is 1. The number of piperidine rings is 1. The van der Waals surface area contributed by atoms with Crippen LogP contribution >= 0.6 is 11.3 Å². The largest absolute Gasteiger partial charge is 0.310 e. The summed E-state index contributed by atoms with van der Waals surface area (Å²) in [4.78, 5) is 1.48. The normalized spacial score (nSPS) is 24.2. The summed E-state index contributed by atoms with van der Waals surface area (Å²) in [5.74, 6) is 0. The maximum Gasteiger partial charge on any atom is 0.0331 e. The highest BCUT2D eigenvalue weighted by atomic mass is 32.1. The molecule has 2 rings (SSSR count). The quantitative estimate of drug-likeness (QED) is 0.702. The van der Waals surface area contributed by atoms with Crippen molar-refractivity contribution in [2.45, 2.75) is 32.2 Å². The van der Waals surface area contributed by atoms with Crippen LogP contribution in [0.2, 0.25) is 0 Å². The maximum absolute atomic E-state index is 3.57. The van der Waals surface area contributed by atoms with Crippen LogP contribution in [-0.4, -0.2) is 6.54 Å². The molecule has 1 aliphatic rings. The van der Waals surface area contributed by atoms with E-state index in [4.69, 9.17) is 0 Å². The predicted molar refractivity (Wildman–Crippen MR) is 53.7 cm³/mol. The van der Waals surface area contributed by atoms with Gasteiger partial charge in [0.2, 0.25) is 0 Å². The van der Waals surface area contributed by atoms with Gasteiger partial charge in [-0.1, -0.05) is 6.42 Å². The van der Waals surface area contributed by atoms with Crippen LogP contribution in [0.3, 0.4) is 0 Å². The van der Waals surface area contributed by atoms with E-state index in [0.717, 1.165) is 0 Å². The molecule has 0 saturated carbocycles. The number of hydrogen-bond acceptors (Lipinski definition) is 2. The molecule has 2 heterocycles. The Balaban J connectivity index is 2.13. The number of hydrogen-bond donors (Lipinski definition) is 1. The van der Waals surface area contributed by atoms with Crippen molar-refractivity contribution in [3.63, 3.8) is 0 Å². The van der Waals surface area contributed by atoms with Gasteiger partial charge < -0.3 is 5.32 Å². The van der Waals surface area contributed by atoms with Crippen LogP contribution in [0.15, 0.2) is 11.4 Å². The molecule has 2 heteroatoms. The smallest absolute Gasteiger partial charge is 0.0331 e. The van der Waals surface area contributed by atoms with E-state index in [2.05, 4.69) is 23.7 Å². The van der Waals surface area contributed by atoms with Crippen LogP contribution in [0.5, 0.6) is 0 Å². The molecular formula is C10H15NS. The van der Waals surface area contributed by atoms with Gasteiger partial charge in [0.25, 0.3) is 0 Å². The van der Waals surface area contributed by atoms with Gasteiger partial charge in [-0.3, -0.25) is 0 Å². The lowest BCUT2D eigenvalue weighted by atomic mass is 9.98. The average molecular weight is 181 g/mol. The standard InChI is InChI=1S/C10H15NS/c1-8-9(5-7-12-8)10-4-2-3-6-11-10/h5,7,10-11H,2-4,6H2,1H3. The van der Waals surface area contributed by atoms with Gasteiger partial charge in [-0.2, -0.15) is 0 Å². The highest BCUT2D eigenvalue weighted by Crippen LogP contribution is 2.28. The SMILES string of the molecule is Cc1sccc1C1CCCCN1. The summed E-state index contributed by atoms with van der Waals surface area (Å²) >= 11 is 1.86. The molecule has 0 bridgehead atoms. The van der Waals surface area contributed by atoms with Crippen LogP contribution in [0.1, 0.15) is 35.7 Å². The fourth-order valence-electron chi connectivity index (χ4n) is 1.87. The molecule has 12 heavy (non-hydrogen) atoms. The molecule has 1 aromatic heterocycles. The van der Waals surface area contributed by atoms with E-state index >= 15 is 0 Å². The molecule has 1 aliphatic heterocycles. The van der Waals surface area contributed by atoms with Crippen molar-refractivity contribution in [3.05, 3.63) is 21.9 Å². The Hall–Kier alpha value is -0.340. The minimum atomic E-state index is 0.644. The van der Waals surface area contributed by atoms with Crippen molar-refractivity contribution in [2.75, 3.05) is 6.54 Å². The molecule has 66 valence electrons. The Kier molecular flexibility index (Phi) is 2.47. The van der Waals surface area contributed by atoms with Crippen molar-refractivity contribution in [1.82, 2.24) is 5.32 Å². The average Bonchev–Trinajstić information content (AvgIpc) is 2.53. The lowest BCUT2D eigenvalue weighted by molar-refractivity contribution is 0.412. The summed E-state index contributed by atoms with van der Waals surface area (Å²) in [7, 11) is 0. The molecule has 1 atom stereocenters. The Morgan fingerprint density at radius 3 is 3.00 bits per heavy atom. The van der Waals surface area contributed by atoms with E-state index in [1.54, 1.807) is 0 Å². The monoisotopic (exact) mass is 181 g/mol. The number of aryl methyl sites for hydroxylation is 1. The maximum atomic E-state index is 3.57. The van der Waals surface area contributed by atoms with E-state index in [1.807, 2.05) is 11.3 Å². The molecule has 0 aromatic carbocycles. The van der Waals surface area contributed by atoms with Gasteiger partial charge in [0.15, 0.2) is 0 Å². The summed E-state index contributed by atoms with van der Waals surface area (Å²) in [6, 6.07) is 2.91. The molecule has 1 nitrogen and oxygen atoms in total. The Morgan fingerprint density at radius 2 is 2.42 bits per heavy atom. The molecule has 1 saturated heterocycles. The third-order valence-corrected chi connectivity index (χ3v) is 3.45. The second-order valence-corrected chi connectivity index (χ2v) is 4.55. The third kappa shape index (κ3) is 1.54. The van der Waals surface area contributed by atoms with Crippen LogP contribution in [0.4, 0.5) is 0 Å². The highest BCUT2D eigenvalue weighted by molar-refractivity contribution is 7.10. The van der Waals surface area contributed by atoms with Crippen LogP contribution in [0.25, 0.3) is 0 Å². The van der Waals surface area contributed by atoms with Gasteiger partial charge >= 0.3 is 0 Å². The van der Waals surface area contributed by atoms with E-state index < -0.39 is 0 Å². The van der Waals surface area contributed by atoms with E-state index in [9.17, 15) is 0 Å². The van der Waals surface area contributed by atoms with Crippen molar-refractivity contribution in [1.29, 1.82) is 0 Å². The third-order valence-electron chi connectivity index (χ3n) is 2.58. The van der Waals surface area contributed by atoms with Gasteiger partial charge in [-0.25, -0.2) is 0 Å². The Bertz CT molecular complexity index is 248. The Labute approximate surface area is 77.8 Å². The van der Waals surface area contributed by atoms with E-state index in [1.165, 1.54) is 36.2 Å². The molecule has 1 unspecified atom stereocenters. The van der Waals surface area contributed by atoms with Gasteiger partial charge in [-0.05, 0) is 43.3 Å². The molecule has 1 aromatic rings. The minimum Gasteiger partial charge on any atom is -0.310 e. The zero-order chi connectivity index (χ0) is 8.39. The molecule has 0 amide bonds. The Morgan fingerprint density at radius 1 is 1.50 bits per heavy atom. The summed E-state index contributed by atoms with van der Waals surface area (Å²) < 4.78 is 0. The van der Waals surface area contributed by atoms with E-state index in [0.29, 0.717) is 6.04 Å². The first-order valence-corrected chi connectivity index (χ1v) is 5.53. The fraction of sp³-hybridized carbons (Fsp3) is 0.600. The fourth-order valence-corrected chi connectivity index (χ4v) is 2.64. The van der Waals surface area contributed by atoms with Crippen LogP contribution in [0, 0.1) is 6.92 Å². The molecule has 1 N–H and O–H groups in total. The topological polar surface area (TPSA) is 12.0 Å². The van der Waals surface area contributed by atoms with Crippen LogP contribution < -0.4 is 5.32 Å². The second-order valence-electron chi connectivity index (χ2n) is 3.43. The highest BCUT2D eigenvalue weighted by Gasteiger charge is 2.16. The van der Waals surface area contributed by atoms with Crippen molar-refractivity contribution in [3.8, 4) is 0 Å². The van der Waals surface area contributed by atoms with Gasteiger partial charge in [-0.15, -0.1) is 11.3 Å². The first-order chi connectivity index (χ1) is 5.88. The van der Waals surface area contributed by atoms with Gasteiger partial charge in [0.05, 0.1) is 0 Å². The predicted octanol–water partition coefficient (Wildman–Crippen LogP) is 2.87. The van der Waals surface area contributed by atoms with E-state index in [-0.39, 0.29) is 0 Å². The summed E-state index contributed by atoms with van der Waals surface area (Å²) in [5, 5.41) is 5.76. The van der Waals surface area contributed by atoms with Crippen molar-refractivity contribution < 1.29 is 0 Å². The number of nitrogens with one attached hydrogen (secondary N) is 1. The number of rotatable bonds is 1. The lowest BCUT2D eigenvalue weighted by Crippen LogP contribution is -2.26. The minimum absolute atomic E-state index is 0.644. The lowest BCUT2D eigenvalue weighted by Gasteiger charge is -2.23. The van der Waals surface area contributed by atoms with Crippen molar-refractivity contribution in [2.24, 2.45) is 0 Å². The molecule has 0 aliphatic carbocycles. The first kappa shape index (κ1) is 8.27. The van der Waals surface area contributed by atoms with Gasteiger partial charge in [0, 0.05) is 10.9 Å². The zero-order valence-corrected chi connectivity index (χ0v) is 8.29.